The number of hydrogen-bond donors (Lipinski definition) is 0. The van der Waals surface area contributed by atoms with Gasteiger partial charge in [0, 0.05) is 23.3 Å². The molecule has 154 valence electrons. The fraction of sp³-hybridized carbons (Fsp3) is 0.0333. The van der Waals surface area contributed by atoms with E-state index in [2.05, 4.69) is 24.3 Å². The van der Waals surface area contributed by atoms with Crippen LogP contribution in [0.5, 0.6) is 0 Å². The van der Waals surface area contributed by atoms with Gasteiger partial charge in [0.05, 0.1) is 5.56 Å². The predicted octanol–water partition coefficient (Wildman–Crippen LogP) is 7.49. The van der Waals surface area contributed by atoms with Gasteiger partial charge in [-0.3, -0.25) is 0 Å². The lowest BCUT2D eigenvalue weighted by Crippen LogP contribution is -2.42. The first kappa shape index (κ1) is 19.9. The van der Waals surface area contributed by atoms with E-state index in [9.17, 15) is 0 Å². The first-order valence-electron chi connectivity index (χ1n) is 10.8. The third kappa shape index (κ3) is 3.95. The Morgan fingerprint density at radius 3 is 1.25 bits per heavy atom. The van der Waals surface area contributed by atoms with Crippen molar-refractivity contribution < 1.29 is 8.96 Å². The molecule has 5 rings (SSSR count). The summed E-state index contributed by atoms with van der Waals surface area (Å²) < 4.78 is 18.1. The van der Waals surface area contributed by atoms with Crippen LogP contribution in [0.3, 0.4) is 0 Å². The monoisotopic (exact) mass is 416 g/mol. The van der Waals surface area contributed by atoms with Crippen LogP contribution in [0, 0.1) is 0 Å². The Kier molecular flexibility index (Phi) is 5.59. The Morgan fingerprint density at radius 1 is 0.438 bits per heavy atom. The highest BCUT2D eigenvalue weighted by Gasteiger charge is 2.31. The molecule has 0 spiro atoms. The second kappa shape index (κ2) is 8.99. The lowest BCUT2D eigenvalue weighted by molar-refractivity contribution is -0.717. The van der Waals surface area contributed by atoms with E-state index in [1.807, 2.05) is 114 Å². The van der Waals surface area contributed by atoms with E-state index >= 15 is 4.39 Å². The zero-order valence-electron chi connectivity index (χ0n) is 17.6. The molecule has 0 radical (unpaired) electrons. The number of rotatable bonds is 5. The van der Waals surface area contributed by atoms with E-state index in [0.717, 1.165) is 33.6 Å². The molecule has 1 atom stereocenters. The van der Waals surface area contributed by atoms with Crippen molar-refractivity contribution in [3.8, 4) is 33.6 Å². The van der Waals surface area contributed by atoms with Crippen LogP contribution in [0.25, 0.3) is 33.6 Å². The number of nitrogens with zero attached hydrogens (tertiary/aromatic N) is 1. The maximum absolute atomic E-state index is 16.3. The van der Waals surface area contributed by atoms with Gasteiger partial charge in [0.15, 0.2) is 0 Å². The van der Waals surface area contributed by atoms with Gasteiger partial charge in [-0.1, -0.05) is 84.9 Å². The number of pyridine rings is 1. The average molecular weight is 417 g/mol. The zero-order chi connectivity index (χ0) is 21.8. The van der Waals surface area contributed by atoms with Crippen molar-refractivity contribution in [1.82, 2.24) is 0 Å². The van der Waals surface area contributed by atoms with Crippen molar-refractivity contribution in [3.63, 3.8) is 0 Å². The molecule has 32 heavy (non-hydrogen) atoms. The summed E-state index contributed by atoms with van der Waals surface area (Å²) in [6.07, 6.45) is -1.33. The molecule has 1 heterocycles. The second-order valence-electron chi connectivity index (χ2n) is 7.73. The van der Waals surface area contributed by atoms with Crippen LogP contribution < -0.4 is 4.57 Å². The summed E-state index contributed by atoms with van der Waals surface area (Å²) in [6.45, 7) is 0. The quantitative estimate of drug-likeness (QED) is 0.261. The maximum atomic E-state index is 16.3. The normalized spacial score (nSPS) is 11.8. The zero-order valence-corrected chi connectivity index (χ0v) is 17.6. The van der Waals surface area contributed by atoms with Gasteiger partial charge in [0.1, 0.15) is 0 Å². The van der Waals surface area contributed by atoms with Gasteiger partial charge in [-0.05, 0) is 47.5 Å². The van der Waals surface area contributed by atoms with Gasteiger partial charge in [-0.25, -0.2) is 0 Å². The van der Waals surface area contributed by atoms with Crippen molar-refractivity contribution in [1.29, 1.82) is 0 Å². The lowest BCUT2D eigenvalue weighted by Gasteiger charge is -2.15. The minimum atomic E-state index is -1.33. The molecule has 1 aromatic heterocycles. The Morgan fingerprint density at radius 2 is 0.812 bits per heavy atom. The largest absolute Gasteiger partial charge is 0.326 e. The minimum Gasteiger partial charge on any atom is -0.170 e. The van der Waals surface area contributed by atoms with Gasteiger partial charge in [-0.15, -0.1) is 0 Å². The molecule has 0 N–H and O–H groups in total. The lowest BCUT2D eigenvalue weighted by atomic mass is 9.98. The van der Waals surface area contributed by atoms with Crippen molar-refractivity contribution in [3.05, 3.63) is 139 Å². The summed E-state index contributed by atoms with van der Waals surface area (Å²) in [7, 11) is 0. The maximum Gasteiger partial charge on any atom is 0.326 e. The number of aromatic nitrogens is 1. The van der Waals surface area contributed by atoms with Gasteiger partial charge >= 0.3 is 6.30 Å². The van der Waals surface area contributed by atoms with Crippen LogP contribution in [-0.2, 0) is 0 Å². The van der Waals surface area contributed by atoms with Crippen LogP contribution in [0.4, 0.5) is 4.39 Å². The van der Waals surface area contributed by atoms with Crippen LogP contribution in [0.1, 0.15) is 11.9 Å². The summed E-state index contributed by atoms with van der Waals surface area (Å²) in [4.78, 5) is 0. The smallest absolute Gasteiger partial charge is 0.170 e. The number of benzene rings is 4. The third-order valence-corrected chi connectivity index (χ3v) is 5.65. The van der Waals surface area contributed by atoms with E-state index in [1.165, 1.54) is 0 Å². The third-order valence-electron chi connectivity index (χ3n) is 5.65. The molecule has 0 bridgehead atoms. The molecule has 0 amide bonds. The Balaban J connectivity index is 1.84. The summed E-state index contributed by atoms with van der Waals surface area (Å²) in [6, 6.07) is 43.9. The average Bonchev–Trinajstić information content (AvgIpc) is 2.89. The van der Waals surface area contributed by atoms with Crippen LogP contribution >= 0.6 is 0 Å². The minimum absolute atomic E-state index is 0.624. The molecule has 5 aromatic rings. The Labute approximate surface area is 188 Å². The SMILES string of the molecule is F[C@H](c1ccccc1)[n+]1c(-c2ccccc2)cc(-c2ccccc2)cc1-c1ccccc1. The molecule has 0 aliphatic carbocycles. The van der Waals surface area contributed by atoms with Crippen molar-refractivity contribution in [2.24, 2.45) is 0 Å². The summed E-state index contributed by atoms with van der Waals surface area (Å²) in [5, 5.41) is 0. The molecule has 0 aliphatic heterocycles. The predicted molar refractivity (Wildman–Crippen MR) is 129 cm³/mol. The molecule has 0 unspecified atom stereocenters. The van der Waals surface area contributed by atoms with Crippen LogP contribution in [-0.4, -0.2) is 0 Å². The standard InChI is InChI=1S/C30H23FN/c31-30(26-19-11-4-12-20-26)32-28(24-15-7-2-8-16-24)21-27(23-13-5-1-6-14-23)22-29(32)25-17-9-3-10-18-25/h1-22,30H/q+1/t30-/m0/s1. The Hall–Kier alpha value is -4.04. The van der Waals surface area contributed by atoms with E-state index < -0.39 is 6.30 Å². The van der Waals surface area contributed by atoms with Gasteiger partial charge < -0.3 is 0 Å². The number of hydrogen-bond acceptors (Lipinski definition) is 0. The topological polar surface area (TPSA) is 3.88 Å². The molecule has 0 saturated carbocycles. The van der Waals surface area contributed by atoms with Crippen molar-refractivity contribution >= 4 is 0 Å². The van der Waals surface area contributed by atoms with Crippen LogP contribution in [0.2, 0.25) is 0 Å². The van der Waals surface area contributed by atoms with Gasteiger partial charge in [0.2, 0.25) is 11.4 Å². The van der Waals surface area contributed by atoms with Crippen molar-refractivity contribution in [2.45, 2.75) is 6.30 Å². The molecule has 1 nitrogen and oxygen atoms in total. The van der Waals surface area contributed by atoms with E-state index in [4.69, 9.17) is 0 Å². The van der Waals surface area contributed by atoms with E-state index in [0.29, 0.717) is 5.56 Å². The summed E-state index contributed by atoms with van der Waals surface area (Å²) >= 11 is 0. The van der Waals surface area contributed by atoms with E-state index in [1.54, 1.807) is 0 Å². The molecule has 0 fully saturated rings. The summed E-state index contributed by atoms with van der Waals surface area (Å²) in [5.41, 5.74) is 6.40. The first-order valence-corrected chi connectivity index (χ1v) is 10.8. The first-order chi connectivity index (χ1) is 15.8. The fourth-order valence-electron chi connectivity index (χ4n) is 4.07. The number of halogens is 1. The molecule has 2 heteroatoms. The van der Waals surface area contributed by atoms with Gasteiger partial charge in [-0.2, -0.15) is 8.96 Å². The highest BCUT2D eigenvalue weighted by Crippen LogP contribution is 2.31. The van der Waals surface area contributed by atoms with Gasteiger partial charge in [0.25, 0.3) is 0 Å². The molecule has 4 aromatic carbocycles. The second-order valence-corrected chi connectivity index (χ2v) is 7.73. The Bertz CT molecular complexity index is 1240. The van der Waals surface area contributed by atoms with Crippen LogP contribution in [0.15, 0.2) is 133 Å². The summed E-state index contributed by atoms with van der Waals surface area (Å²) in [5.74, 6) is 0. The van der Waals surface area contributed by atoms with Crippen molar-refractivity contribution in [2.75, 3.05) is 0 Å². The molecule has 0 saturated heterocycles. The number of alkyl halides is 1. The fourth-order valence-corrected chi connectivity index (χ4v) is 4.07. The van der Waals surface area contributed by atoms with E-state index in [-0.39, 0.29) is 0 Å². The highest BCUT2D eigenvalue weighted by molar-refractivity contribution is 5.73. The molecular formula is C30H23FN+. The molecular weight excluding hydrogens is 393 g/mol. The molecule has 0 aliphatic rings. The highest BCUT2D eigenvalue weighted by atomic mass is 19.1.